The number of ether oxygens (including phenoxy) is 1. The Kier molecular flexibility index (Phi) is 3.42. The Labute approximate surface area is 117 Å². The quantitative estimate of drug-likeness (QED) is 0.842. The average molecular weight is 274 g/mol. The molecule has 1 aliphatic rings. The third-order valence-electron chi connectivity index (χ3n) is 3.56. The van der Waals surface area contributed by atoms with Gasteiger partial charge >= 0.3 is 0 Å². The molecule has 0 spiro atoms. The van der Waals surface area contributed by atoms with Gasteiger partial charge in [0, 0.05) is 6.54 Å². The van der Waals surface area contributed by atoms with E-state index in [4.69, 9.17) is 10.5 Å². The molecule has 106 valence electrons. The monoisotopic (exact) mass is 274 g/mol. The van der Waals surface area contributed by atoms with Crippen LogP contribution in [0.2, 0.25) is 0 Å². The van der Waals surface area contributed by atoms with Crippen LogP contribution in [0.1, 0.15) is 6.92 Å². The summed E-state index contributed by atoms with van der Waals surface area (Å²) in [5.74, 6) is 1.08. The zero-order valence-electron chi connectivity index (χ0n) is 11.4. The summed E-state index contributed by atoms with van der Waals surface area (Å²) < 4.78 is 5.54. The lowest BCUT2D eigenvalue weighted by Gasteiger charge is -2.38. The number of morpholine rings is 1. The van der Waals surface area contributed by atoms with E-state index in [2.05, 4.69) is 14.9 Å². The molecule has 0 aliphatic carbocycles. The third kappa shape index (κ3) is 2.28. The highest BCUT2D eigenvalue weighted by molar-refractivity contribution is 5.79. The Hall–Kier alpha value is -1.92. The number of benzene rings is 1. The van der Waals surface area contributed by atoms with Gasteiger partial charge in [0.25, 0.3) is 0 Å². The minimum atomic E-state index is -0.209. The lowest BCUT2D eigenvalue weighted by molar-refractivity contribution is -0.0105. The van der Waals surface area contributed by atoms with Crippen LogP contribution < -0.4 is 10.6 Å². The van der Waals surface area contributed by atoms with Crippen LogP contribution >= 0.6 is 0 Å². The van der Waals surface area contributed by atoms with Crippen molar-refractivity contribution in [2.45, 2.75) is 19.1 Å². The van der Waals surface area contributed by atoms with Crippen molar-refractivity contribution in [2.24, 2.45) is 0 Å². The van der Waals surface area contributed by atoms with Crippen LogP contribution in [-0.2, 0) is 4.74 Å². The first-order valence-corrected chi connectivity index (χ1v) is 6.70. The van der Waals surface area contributed by atoms with Gasteiger partial charge in [0.2, 0.25) is 0 Å². The maximum absolute atomic E-state index is 9.26. The molecule has 1 fully saturated rings. The molecule has 2 unspecified atom stereocenters. The van der Waals surface area contributed by atoms with Crippen LogP contribution in [0.3, 0.4) is 0 Å². The molecule has 2 heterocycles. The Bertz CT molecular complexity index is 619. The van der Waals surface area contributed by atoms with Crippen LogP contribution in [-0.4, -0.2) is 47.0 Å². The number of nitrogen functional groups attached to an aromatic ring is 1. The first kappa shape index (κ1) is 13.1. The standard InChI is InChI=1S/C14H18N4O2/c1-9-8-20-10(7-19)6-18(9)14-13(15)16-11-4-2-3-5-12(11)17-14/h2-5,9-10,19H,6-8H2,1H3,(H2,15,16). The first-order chi connectivity index (χ1) is 9.69. The molecule has 1 saturated heterocycles. The largest absolute Gasteiger partial charge is 0.394 e. The maximum atomic E-state index is 9.26. The van der Waals surface area contributed by atoms with E-state index in [0.717, 1.165) is 11.0 Å². The van der Waals surface area contributed by atoms with Gasteiger partial charge in [-0.15, -0.1) is 0 Å². The van der Waals surface area contributed by atoms with Crippen molar-refractivity contribution in [1.29, 1.82) is 0 Å². The zero-order chi connectivity index (χ0) is 14.1. The van der Waals surface area contributed by atoms with Gasteiger partial charge < -0.3 is 20.5 Å². The number of anilines is 2. The number of rotatable bonds is 2. The predicted octanol–water partition coefficient (Wildman–Crippen LogP) is 0.798. The van der Waals surface area contributed by atoms with Crippen molar-refractivity contribution < 1.29 is 9.84 Å². The smallest absolute Gasteiger partial charge is 0.172 e. The van der Waals surface area contributed by atoms with Gasteiger partial charge in [0.1, 0.15) is 0 Å². The fraction of sp³-hybridized carbons (Fsp3) is 0.429. The second-order valence-electron chi connectivity index (χ2n) is 5.06. The molecular weight excluding hydrogens is 256 g/mol. The number of aromatic nitrogens is 2. The van der Waals surface area contributed by atoms with Crippen molar-refractivity contribution in [3.05, 3.63) is 24.3 Å². The molecule has 0 bridgehead atoms. The number of nitrogens with two attached hydrogens (primary N) is 1. The van der Waals surface area contributed by atoms with Gasteiger partial charge in [0.15, 0.2) is 11.6 Å². The minimum absolute atomic E-state index is 0.00979. The molecule has 2 atom stereocenters. The van der Waals surface area contributed by atoms with Crippen molar-refractivity contribution >= 4 is 22.7 Å². The van der Waals surface area contributed by atoms with E-state index >= 15 is 0 Å². The number of hydrogen-bond donors (Lipinski definition) is 2. The Balaban J connectivity index is 2.01. The van der Waals surface area contributed by atoms with Crippen molar-refractivity contribution in [1.82, 2.24) is 9.97 Å². The topological polar surface area (TPSA) is 84.5 Å². The van der Waals surface area contributed by atoms with Gasteiger partial charge in [-0.1, -0.05) is 12.1 Å². The van der Waals surface area contributed by atoms with E-state index < -0.39 is 0 Å². The molecule has 0 amide bonds. The fourth-order valence-electron chi connectivity index (χ4n) is 2.44. The van der Waals surface area contributed by atoms with E-state index in [9.17, 15) is 5.11 Å². The summed E-state index contributed by atoms with van der Waals surface area (Å²) in [6.45, 7) is 3.14. The Morgan fingerprint density at radius 1 is 1.35 bits per heavy atom. The summed E-state index contributed by atoms with van der Waals surface area (Å²) in [6, 6.07) is 7.79. The number of nitrogens with zero attached hydrogens (tertiary/aromatic N) is 3. The molecule has 1 aromatic heterocycles. The fourth-order valence-corrected chi connectivity index (χ4v) is 2.44. The molecule has 3 N–H and O–H groups in total. The number of para-hydroxylation sites is 2. The molecule has 6 heteroatoms. The van der Waals surface area contributed by atoms with Crippen molar-refractivity contribution in [2.75, 3.05) is 30.4 Å². The Morgan fingerprint density at radius 2 is 2.05 bits per heavy atom. The number of fused-ring (bicyclic) bond motifs is 1. The van der Waals surface area contributed by atoms with E-state index in [-0.39, 0.29) is 18.8 Å². The van der Waals surface area contributed by atoms with E-state index in [0.29, 0.717) is 24.8 Å². The molecule has 3 rings (SSSR count). The molecule has 0 saturated carbocycles. The van der Waals surface area contributed by atoms with Gasteiger partial charge in [0.05, 0.1) is 36.4 Å². The second kappa shape index (κ2) is 5.22. The highest BCUT2D eigenvalue weighted by Gasteiger charge is 2.28. The van der Waals surface area contributed by atoms with Crippen LogP contribution in [0.5, 0.6) is 0 Å². The van der Waals surface area contributed by atoms with Crippen molar-refractivity contribution in [3.63, 3.8) is 0 Å². The highest BCUT2D eigenvalue weighted by atomic mass is 16.5. The van der Waals surface area contributed by atoms with Gasteiger partial charge in [-0.25, -0.2) is 9.97 Å². The molecule has 1 aromatic carbocycles. The normalized spacial score (nSPS) is 23.2. The number of aliphatic hydroxyl groups is 1. The third-order valence-corrected chi connectivity index (χ3v) is 3.56. The summed E-state index contributed by atoms with van der Waals surface area (Å²) in [5.41, 5.74) is 7.65. The zero-order valence-corrected chi connectivity index (χ0v) is 11.4. The minimum Gasteiger partial charge on any atom is -0.394 e. The Morgan fingerprint density at radius 3 is 2.75 bits per heavy atom. The number of aliphatic hydroxyl groups excluding tert-OH is 1. The molecule has 20 heavy (non-hydrogen) atoms. The predicted molar refractivity (Wildman–Crippen MR) is 77.6 cm³/mol. The summed E-state index contributed by atoms with van der Waals surface area (Å²) >= 11 is 0. The van der Waals surface area contributed by atoms with Gasteiger partial charge in [-0.2, -0.15) is 0 Å². The average Bonchev–Trinajstić information content (AvgIpc) is 2.47. The van der Waals surface area contributed by atoms with E-state index in [1.54, 1.807) is 0 Å². The SMILES string of the molecule is CC1COC(CO)CN1c1nc2ccccc2nc1N. The molecule has 6 nitrogen and oxygen atoms in total. The summed E-state index contributed by atoms with van der Waals surface area (Å²) in [5, 5.41) is 9.26. The van der Waals surface area contributed by atoms with Crippen LogP contribution in [0, 0.1) is 0 Å². The first-order valence-electron chi connectivity index (χ1n) is 6.70. The van der Waals surface area contributed by atoms with Crippen LogP contribution in [0.25, 0.3) is 11.0 Å². The summed E-state index contributed by atoms with van der Waals surface area (Å²) in [6.07, 6.45) is -0.209. The highest BCUT2D eigenvalue weighted by Crippen LogP contribution is 2.26. The van der Waals surface area contributed by atoms with Gasteiger partial charge in [-0.3, -0.25) is 0 Å². The van der Waals surface area contributed by atoms with Crippen LogP contribution in [0.4, 0.5) is 11.6 Å². The molecular formula is C14H18N4O2. The molecule has 0 radical (unpaired) electrons. The second-order valence-corrected chi connectivity index (χ2v) is 5.06. The van der Waals surface area contributed by atoms with Crippen molar-refractivity contribution in [3.8, 4) is 0 Å². The van der Waals surface area contributed by atoms with Crippen LogP contribution in [0.15, 0.2) is 24.3 Å². The summed E-state index contributed by atoms with van der Waals surface area (Å²) in [4.78, 5) is 11.1. The number of hydrogen-bond acceptors (Lipinski definition) is 6. The molecule has 1 aliphatic heterocycles. The maximum Gasteiger partial charge on any atom is 0.172 e. The van der Waals surface area contributed by atoms with E-state index in [1.165, 1.54) is 0 Å². The molecule has 2 aromatic rings. The lowest BCUT2D eigenvalue weighted by atomic mass is 10.2. The van der Waals surface area contributed by atoms with E-state index in [1.807, 2.05) is 31.2 Å². The summed E-state index contributed by atoms with van der Waals surface area (Å²) in [7, 11) is 0. The van der Waals surface area contributed by atoms with Gasteiger partial charge in [-0.05, 0) is 19.1 Å². The lowest BCUT2D eigenvalue weighted by Crippen LogP contribution is -2.50.